The zero-order valence-electron chi connectivity index (χ0n) is 7.12. The number of benzene rings is 1. The fraction of sp³-hybridized carbons (Fsp3) is 0.100. The highest BCUT2D eigenvalue weighted by Crippen LogP contribution is 2.21. The first-order valence-electron chi connectivity index (χ1n) is 3.94. The predicted molar refractivity (Wildman–Crippen MR) is 48.3 cm³/mol. The Labute approximate surface area is 74.6 Å². The maximum atomic E-state index is 13.4. The molecule has 0 saturated heterocycles. The van der Waals surface area contributed by atoms with Gasteiger partial charge < -0.3 is 4.57 Å². The van der Waals surface area contributed by atoms with Gasteiger partial charge in [-0.1, -0.05) is 12.1 Å². The summed E-state index contributed by atoms with van der Waals surface area (Å²) in [6, 6.07) is 7.01. The topological polar surface area (TPSA) is 22.0 Å². The normalized spacial score (nSPS) is 10.6. The van der Waals surface area contributed by atoms with Crippen molar-refractivity contribution in [2.45, 2.75) is 0 Å². The number of fused-ring (bicyclic) bond motifs is 1. The van der Waals surface area contributed by atoms with Crippen LogP contribution in [0.4, 0.5) is 4.39 Å². The average Bonchev–Trinajstić information content (AvgIpc) is 2.41. The van der Waals surface area contributed by atoms with Crippen molar-refractivity contribution in [2.75, 3.05) is 0 Å². The highest BCUT2D eigenvalue weighted by molar-refractivity contribution is 5.89. The molecule has 13 heavy (non-hydrogen) atoms. The highest BCUT2D eigenvalue weighted by atomic mass is 19.1. The van der Waals surface area contributed by atoms with Gasteiger partial charge in [-0.05, 0) is 12.1 Å². The SMILES string of the molecule is Cn1c(C=O)c(F)c2ccccc21. The number of halogens is 1. The second-order valence-corrected chi connectivity index (χ2v) is 2.89. The number of aromatic nitrogens is 1. The van der Waals surface area contributed by atoms with Gasteiger partial charge in [-0.3, -0.25) is 4.79 Å². The quantitative estimate of drug-likeness (QED) is 0.611. The number of hydrogen-bond acceptors (Lipinski definition) is 1. The molecule has 0 aliphatic heterocycles. The molecular formula is C10H8FNO. The van der Waals surface area contributed by atoms with Crippen LogP contribution in [0.1, 0.15) is 10.5 Å². The van der Waals surface area contributed by atoms with E-state index in [2.05, 4.69) is 0 Å². The van der Waals surface area contributed by atoms with Crippen LogP contribution >= 0.6 is 0 Å². The molecule has 0 amide bonds. The van der Waals surface area contributed by atoms with Crippen LogP contribution < -0.4 is 0 Å². The Morgan fingerprint density at radius 2 is 2.08 bits per heavy atom. The molecule has 0 unspecified atom stereocenters. The Morgan fingerprint density at radius 3 is 2.69 bits per heavy atom. The second-order valence-electron chi connectivity index (χ2n) is 2.89. The zero-order chi connectivity index (χ0) is 9.42. The van der Waals surface area contributed by atoms with E-state index in [0.717, 1.165) is 5.52 Å². The van der Waals surface area contributed by atoms with Gasteiger partial charge in [-0.15, -0.1) is 0 Å². The third-order valence-corrected chi connectivity index (χ3v) is 2.20. The fourth-order valence-electron chi connectivity index (χ4n) is 1.50. The molecule has 0 bridgehead atoms. The minimum Gasteiger partial charge on any atom is -0.339 e. The Bertz CT molecular complexity index is 434. The van der Waals surface area contributed by atoms with Gasteiger partial charge >= 0.3 is 0 Å². The summed E-state index contributed by atoms with van der Waals surface area (Å²) in [6.45, 7) is 0. The molecule has 3 heteroatoms. The van der Waals surface area contributed by atoms with Crippen LogP contribution in [0.15, 0.2) is 24.3 Å². The molecule has 0 fully saturated rings. The summed E-state index contributed by atoms with van der Waals surface area (Å²) in [5.41, 5.74) is 0.836. The van der Waals surface area contributed by atoms with Crippen LogP contribution in [0.2, 0.25) is 0 Å². The molecule has 1 heterocycles. The van der Waals surface area contributed by atoms with Gasteiger partial charge in [0.25, 0.3) is 0 Å². The molecule has 0 aliphatic rings. The fourth-order valence-corrected chi connectivity index (χ4v) is 1.50. The molecule has 2 aromatic rings. The van der Waals surface area contributed by atoms with Crippen molar-refractivity contribution >= 4 is 17.2 Å². The first-order valence-corrected chi connectivity index (χ1v) is 3.94. The van der Waals surface area contributed by atoms with Crippen LogP contribution in [-0.4, -0.2) is 10.9 Å². The number of aryl methyl sites for hydroxylation is 1. The molecule has 0 aliphatic carbocycles. The summed E-state index contributed by atoms with van der Waals surface area (Å²) in [6.07, 6.45) is 0.537. The summed E-state index contributed by atoms with van der Waals surface area (Å²) in [4.78, 5) is 10.6. The number of aldehydes is 1. The number of rotatable bonds is 1. The third kappa shape index (κ3) is 0.967. The smallest absolute Gasteiger partial charge is 0.169 e. The minimum absolute atomic E-state index is 0.0983. The van der Waals surface area contributed by atoms with Gasteiger partial charge in [0.15, 0.2) is 12.1 Å². The average molecular weight is 177 g/mol. The van der Waals surface area contributed by atoms with E-state index in [1.54, 1.807) is 29.8 Å². The lowest BCUT2D eigenvalue weighted by Crippen LogP contribution is -1.94. The molecule has 0 radical (unpaired) electrons. The summed E-state index contributed by atoms with van der Waals surface area (Å²) < 4.78 is 15.0. The second kappa shape index (κ2) is 2.69. The molecule has 0 saturated carbocycles. The van der Waals surface area contributed by atoms with Gasteiger partial charge in [-0.2, -0.15) is 0 Å². The van der Waals surface area contributed by atoms with Gasteiger partial charge in [0.1, 0.15) is 5.69 Å². The number of hydrogen-bond donors (Lipinski definition) is 0. The van der Waals surface area contributed by atoms with Crippen LogP contribution in [0.3, 0.4) is 0 Å². The number of carbonyl (C=O) groups excluding carboxylic acids is 1. The van der Waals surface area contributed by atoms with Crippen molar-refractivity contribution in [2.24, 2.45) is 7.05 Å². The molecule has 1 aromatic heterocycles. The molecule has 1 aromatic carbocycles. The number of para-hydroxylation sites is 1. The van der Waals surface area contributed by atoms with Crippen molar-refractivity contribution in [1.82, 2.24) is 4.57 Å². The largest absolute Gasteiger partial charge is 0.339 e. The van der Waals surface area contributed by atoms with Gasteiger partial charge in [-0.25, -0.2) is 4.39 Å². The van der Waals surface area contributed by atoms with Gasteiger partial charge in [0, 0.05) is 12.4 Å². The summed E-state index contributed by atoms with van der Waals surface area (Å²) in [5, 5.41) is 0.493. The summed E-state index contributed by atoms with van der Waals surface area (Å²) >= 11 is 0. The maximum absolute atomic E-state index is 13.4. The molecule has 0 spiro atoms. The van der Waals surface area contributed by atoms with E-state index in [4.69, 9.17) is 0 Å². The molecule has 0 N–H and O–H groups in total. The molecule has 2 rings (SSSR count). The molecular weight excluding hydrogens is 169 g/mol. The first-order chi connectivity index (χ1) is 6.25. The lowest BCUT2D eigenvalue weighted by Gasteiger charge is -1.95. The van der Waals surface area contributed by atoms with E-state index in [9.17, 15) is 9.18 Å². The number of carbonyl (C=O) groups is 1. The lowest BCUT2D eigenvalue weighted by molar-refractivity contribution is 0.111. The monoisotopic (exact) mass is 177 g/mol. The lowest BCUT2D eigenvalue weighted by atomic mass is 10.2. The maximum Gasteiger partial charge on any atom is 0.169 e. The van der Waals surface area contributed by atoms with Crippen molar-refractivity contribution in [3.63, 3.8) is 0 Å². The standard InChI is InChI=1S/C10H8FNO/c1-12-8-5-3-2-4-7(8)10(11)9(12)6-13/h2-6H,1H3. The van der Waals surface area contributed by atoms with E-state index in [0.29, 0.717) is 11.7 Å². The number of nitrogens with zero attached hydrogens (tertiary/aromatic N) is 1. The Kier molecular flexibility index (Phi) is 1.65. The first kappa shape index (κ1) is 7.98. The molecule has 66 valence electrons. The van der Waals surface area contributed by atoms with Crippen molar-refractivity contribution in [1.29, 1.82) is 0 Å². The highest BCUT2D eigenvalue weighted by Gasteiger charge is 2.12. The minimum atomic E-state index is -0.437. The molecule has 2 nitrogen and oxygen atoms in total. The van der Waals surface area contributed by atoms with Gasteiger partial charge in [0.05, 0.1) is 5.52 Å². The van der Waals surface area contributed by atoms with Crippen molar-refractivity contribution < 1.29 is 9.18 Å². The van der Waals surface area contributed by atoms with Crippen molar-refractivity contribution in [3.05, 3.63) is 35.8 Å². The Morgan fingerprint density at radius 1 is 1.38 bits per heavy atom. The Balaban J connectivity index is 2.96. The van der Waals surface area contributed by atoms with E-state index in [1.165, 1.54) is 0 Å². The Hall–Kier alpha value is -1.64. The summed E-state index contributed by atoms with van der Waals surface area (Å²) in [7, 11) is 1.68. The van der Waals surface area contributed by atoms with Gasteiger partial charge in [0.2, 0.25) is 0 Å². The van der Waals surface area contributed by atoms with Crippen LogP contribution in [0, 0.1) is 5.82 Å². The van der Waals surface area contributed by atoms with Crippen LogP contribution in [0.5, 0.6) is 0 Å². The third-order valence-electron chi connectivity index (χ3n) is 2.20. The van der Waals surface area contributed by atoms with Crippen molar-refractivity contribution in [3.8, 4) is 0 Å². The van der Waals surface area contributed by atoms with Crippen LogP contribution in [-0.2, 0) is 7.05 Å². The summed E-state index contributed by atoms with van der Waals surface area (Å²) in [5.74, 6) is -0.437. The van der Waals surface area contributed by atoms with E-state index >= 15 is 0 Å². The van der Waals surface area contributed by atoms with Crippen LogP contribution in [0.25, 0.3) is 10.9 Å². The zero-order valence-corrected chi connectivity index (χ0v) is 7.12. The molecule has 0 atom stereocenters. The van der Waals surface area contributed by atoms with E-state index < -0.39 is 5.82 Å². The van der Waals surface area contributed by atoms with E-state index in [1.807, 2.05) is 6.07 Å². The van der Waals surface area contributed by atoms with E-state index in [-0.39, 0.29) is 5.69 Å². The predicted octanol–water partition coefficient (Wildman–Crippen LogP) is 2.13.